The number of nitrogens with zero attached hydrogens (tertiary/aromatic N) is 3. The predicted octanol–water partition coefficient (Wildman–Crippen LogP) is -0.0459. The molecule has 1 aromatic rings. The second kappa shape index (κ2) is 5.65. The van der Waals surface area contributed by atoms with E-state index < -0.39 is 0 Å². The summed E-state index contributed by atoms with van der Waals surface area (Å²) in [6, 6.07) is 0.0659. The zero-order valence-electron chi connectivity index (χ0n) is 10.4. The van der Waals surface area contributed by atoms with Crippen LogP contribution in [0.15, 0.2) is 6.20 Å². The Morgan fingerprint density at radius 2 is 2.56 bits per heavy atom. The third-order valence-electron chi connectivity index (χ3n) is 2.96. The van der Waals surface area contributed by atoms with E-state index in [0.717, 1.165) is 25.9 Å². The van der Waals surface area contributed by atoms with E-state index in [2.05, 4.69) is 26.9 Å². The first-order valence-electron chi connectivity index (χ1n) is 6.14. The summed E-state index contributed by atoms with van der Waals surface area (Å²) in [7, 11) is 0. The summed E-state index contributed by atoms with van der Waals surface area (Å²) in [6.45, 7) is 3.76. The minimum Gasteiger partial charge on any atom is -0.337 e. The number of terminal acetylenes is 1. The average molecular weight is 247 g/mol. The van der Waals surface area contributed by atoms with Gasteiger partial charge in [0.05, 0.1) is 18.3 Å². The van der Waals surface area contributed by atoms with Crippen LogP contribution in [0.5, 0.6) is 0 Å². The molecule has 0 saturated carbocycles. The van der Waals surface area contributed by atoms with Crippen LogP contribution in [0.2, 0.25) is 0 Å². The van der Waals surface area contributed by atoms with Crippen molar-refractivity contribution in [1.82, 2.24) is 25.6 Å². The molecule has 2 N–H and O–H groups in total. The van der Waals surface area contributed by atoms with E-state index in [1.165, 1.54) is 0 Å². The van der Waals surface area contributed by atoms with E-state index in [9.17, 15) is 4.79 Å². The highest BCUT2D eigenvalue weighted by atomic mass is 16.2. The molecule has 0 bridgehead atoms. The van der Waals surface area contributed by atoms with Crippen molar-refractivity contribution in [3.05, 3.63) is 11.9 Å². The van der Waals surface area contributed by atoms with Gasteiger partial charge < -0.3 is 10.6 Å². The zero-order chi connectivity index (χ0) is 13.0. The third-order valence-corrected chi connectivity index (χ3v) is 2.96. The predicted molar refractivity (Wildman–Crippen MR) is 66.9 cm³/mol. The summed E-state index contributed by atoms with van der Waals surface area (Å²) in [4.78, 5) is 11.9. The second-order valence-corrected chi connectivity index (χ2v) is 4.38. The van der Waals surface area contributed by atoms with Crippen molar-refractivity contribution in [2.45, 2.75) is 31.8 Å². The normalized spacial score (nSPS) is 16.7. The van der Waals surface area contributed by atoms with Crippen molar-refractivity contribution in [3.63, 3.8) is 0 Å². The zero-order valence-corrected chi connectivity index (χ0v) is 10.4. The highest BCUT2D eigenvalue weighted by Gasteiger charge is 2.22. The van der Waals surface area contributed by atoms with Gasteiger partial charge in [-0.1, -0.05) is 24.5 Å². The number of nitrogens with one attached hydrogen (secondary N) is 2. The molecule has 1 unspecified atom stereocenters. The van der Waals surface area contributed by atoms with E-state index in [4.69, 9.17) is 6.42 Å². The van der Waals surface area contributed by atoms with Crippen molar-refractivity contribution < 1.29 is 4.79 Å². The first kappa shape index (κ1) is 12.6. The quantitative estimate of drug-likeness (QED) is 0.716. The maximum absolute atomic E-state index is 11.9. The summed E-state index contributed by atoms with van der Waals surface area (Å²) in [6.07, 6.45) is 8.72. The van der Waals surface area contributed by atoms with Crippen molar-refractivity contribution in [2.24, 2.45) is 0 Å². The molecule has 1 fully saturated rings. The monoisotopic (exact) mass is 247 g/mol. The largest absolute Gasteiger partial charge is 0.337 e. The molecular weight excluding hydrogens is 230 g/mol. The number of aromatic nitrogens is 3. The van der Waals surface area contributed by atoms with Gasteiger partial charge in [0.1, 0.15) is 0 Å². The molecule has 6 nitrogen and oxygen atoms in total. The van der Waals surface area contributed by atoms with E-state index in [1.54, 1.807) is 10.9 Å². The highest BCUT2D eigenvalue weighted by molar-refractivity contribution is 5.92. The van der Waals surface area contributed by atoms with Gasteiger partial charge in [-0.3, -0.25) is 4.79 Å². The van der Waals surface area contributed by atoms with Crippen LogP contribution < -0.4 is 10.6 Å². The Morgan fingerprint density at radius 3 is 3.11 bits per heavy atom. The van der Waals surface area contributed by atoms with E-state index in [1.807, 2.05) is 6.92 Å². The Kier molecular flexibility index (Phi) is 3.95. The Morgan fingerprint density at radius 1 is 1.78 bits per heavy atom. The molecule has 96 valence electrons. The summed E-state index contributed by atoms with van der Waals surface area (Å²) >= 11 is 0. The van der Waals surface area contributed by atoms with Crippen molar-refractivity contribution in [1.29, 1.82) is 0 Å². The first-order chi connectivity index (χ1) is 8.74. The lowest BCUT2D eigenvalue weighted by Gasteiger charge is -2.26. The minimum atomic E-state index is -0.259. The Hall–Kier alpha value is -1.87. The van der Waals surface area contributed by atoms with Gasteiger partial charge in [0, 0.05) is 13.1 Å². The lowest BCUT2D eigenvalue weighted by molar-refractivity contribution is 0.0939. The maximum atomic E-state index is 11.9. The van der Waals surface area contributed by atoms with E-state index in [0.29, 0.717) is 11.7 Å². The summed E-state index contributed by atoms with van der Waals surface area (Å²) in [5, 5.41) is 13.7. The van der Waals surface area contributed by atoms with Gasteiger partial charge in [0.25, 0.3) is 5.91 Å². The van der Waals surface area contributed by atoms with Gasteiger partial charge in [0.2, 0.25) is 0 Å². The van der Waals surface area contributed by atoms with Crippen LogP contribution in [0.1, 0.15) is 36.3 Å². The Labute approximate surface area is 106 Å². The standard InChI is InChI=1S/C12H17N5O/c1-3-5-9(4-2)14-12(18)11-8-17(16-15-11)10-6-13-7-10/h2,8-10,13H,3,5-7H2,1H3,(H,14,18). The fourth-order valence-electron chi connectivity index (χ4n) is 1.74. The smallest absolute Gasteiger partial charge is 0.274 e. The third kappa shape index (κ3) is 2.68. The average Bonchev–Trinajstić information content (AvgIpc) is 2.75. The molecule has 1 amide bonds. The number of carbonyl (C=O) groups excluding carboxylic acids is 1. The molecule has 1 aliphatic rings. The number of hydrogen-bond donors (Lipinski definition) is 2. The molecule has 2 heterocycles. The Bertz CT molecular complexity index is 457. The number of carbonyl (C=O) groups is 1. The fraction of sp³-hybridized carbons (Fsp3) is 0.583. The van der Waals surface area contributed by atoms with Crippen molar-refractivity contribution in [2.75, 3.05) is 13.1 Å². The highest BCUT2D eigenvalue weighted by Crippen LogP contribution is 2.09. The van der Waals surface area contributed by atoms with Crippen LogP contribution in [0.3, 0.4) is 0 Å². The van der Waals surface area contributed by atoms with Gasteiger partial charge in [-0.05, 0) is 6.42 Å². The SMILES string of the molecule is C#CC(CCC)NC(=O)c1cn(C2CNC2)nn1. The van der Waals surface area contributed by atoms with Crippen LogP contribution in [-0.2, 0) is 0 Å². The van der Waals surface area contributed by atoms with Crippen LogP contribution in [0.25, 0.3) is 0 Å². The van der Waals surface area contributed by atoms with Gasteiger partial charge in [-0.2, -0.15) is 0 Å². The lowest BCUT2D eigenvalue weighted by atomic mass is 10.2. The van der Waals surface area contributed by atoms with Gasteiger partial charge in [-0.25, -0.2) is 4.68 Å². The molecule has 0 radical (unpaired) electrons. The number of amides is 1. The molecule has 1 atom stereocenters. The molecule has 0 aromatic carbocycles. The van der Waals surface area contributed by atoms with Gasteiger partial charge in [0.15, 0.2) is 5.69 Å². The maximum Gasteiger partial charge on any atom is 0.274 e. The van der Waals surface area contributed by atoms with Crippen LogP contribution in [-0.4, -0.2) is 40.0 Å². The van der Waals surface area contributed by atoms with Crippen molar-refractivity contribution >= 4 is 5.91 Å². The Balaban J connectivity index is 1.96. The van der Waals surface area contributed by atoms with Crippen molar-refractivity contribution in [3.8, 4) is 12.3 Å². The first-order valence-corrected chi connectivity index (χ1v) is 6.14. The summed E-state index contributed by atoms with van der Waals surface area (Å²) in [5.74, 6) is 2.30. The fourth-order valence-corrected chi connectivity index (χ4v) is 1.74. The van der Waals surface area contributed by atoms with E-state index >= 15 is 0 Å². The van der Waals surface area contributed by atoms with Crippen LogP contribution >= 0.6 is 0 Å². The molecule has 2 rings (SSSR count). The lowest BCUT2D eigenvalue weighted by Crippen LogP contribution is -2.43. The van der Waals surface area contributed by atoms with Crippen LogP contribution in [0.4, 0.5) is 0 Å². The molecule has 18 heavy (non-hydrogen) atoms. The number of rotatable bonds is 5. The van der Waals surface area contributed by atoms with E-state index in [-0.39, 0.29) is 11.9 Å². The second-order valence-electron chi connectivity index (χ2n) is 4.38. The molecule has 1 saturated heterocycles. The van der Waals surface area contributed by atoms with Crippen LogP contribution in [0, 0.1) is 12.3 Å². The minimum absolute atomic E-state index is 0.238. The van der Waals surface area contributed by atoms with Gasteiger partial charge >= 0.3 is 0 Å². The molecular formula is C12H17N5O. The number of hydrogen-bond acceptors (Lipinski definition) is 4. The summed E-state index contributed by atoms with van der Waals surface area (Å²) < 4.78 is 1.72. The van der Waals surface area contributed by atoms with Gasteiger partial charge in [-0.15, -0.1) is 11.5 Å². The molecule has 0 spiro atoms. The topological polar surface area (TPSA) is 71.8 Å². The molecule has 6 heteroatoms. The summed E-state index contributed by atoms with van der Waals surface area (Å²) in [5.41, 5.74) is 0.318. The molecule has 0 aliphatic carbocycles. The molecule has 1 aliphatic heterocycles. The molecule has 1 aromatic heterocycles.